The van der Waals surface area contributed by atoms with Gasteiger partial charge in [0.05, 0.1) is 25.7 Å². The Morgan fingerprint density at radius 2 is 1.96 bits per heavy atom. The van der Waals surface area contributed by atoms with E-state index in [2.05, 4.69) is 0 Å². The Labute approximate surface area is 165 Å². The lowest BCUT2D eigenvalue weighted by molar-refractivity contribution is -0.138. The van der Waals surface area contributed by atoms with Crippen LogP contribution in [0.4, 0.5) is 0 Å². The highest BCUT2D eigenvalue weighted by Crippen LogP contribution is 2.25. The molecule has 2 rings (SSSR count). The van der Waals surface area contributed by atoms with E-state index in [1.54, 1.807) is 17.0 Å². The molecule has 1 aromatic rings. The first-order chi connectivity index (χ1) is 13.2. The Morgan fingerprint density at radius 1 is 1.25 bits per heavy atom. The van der Waals surface area contributed by atoms with Crippen LogP contribution in [0.25, 0.3) is 0 Å². The summed E-state index contributed by atoms with van der Waals surface area (Å²) in [5.74, 6) is -0.353. The van der Waals surface area contributed by atoms with Gasteiger partial charge in [-0.3, -0.25) is 4.79 Å². The molecule has 156 valence electrons. The number of benzene rings is 1. The Balaban J connectivity index is 2.11. The van der Waals surface area contributed by atoms with E-state index in [1.165, 1.54) is 20.3 Å². The monoisotopic (exact) mass is 413 g/mol. The summed E-state index contributed by atoms with van der Waals surface area (Å²) in [5, 5.41) is 0. The second-order valence-electron chi connectivity index (χ2n) is 6.76. The average molecular weight is 413 g/mol. The highest BCUT2D eigenvalue weighted by Gasteiger charge is 2.36. The summed E-state index contributed by atoms with van der Waals surface area (Å²) >= 11 is 0. The van der Waals surface area contributed by atoms with Gasteiger partial charge in [-0.15, -0.1) is 0 Å². The molecule has 1 aliphatic heterocycles. The van der Waals surface area contributed by atoms with Crippen molar-refractivity contribution in [2.75, 3.05) is 32.3 Å². The minimum atomic E-state index is -3.14. The van der Waals surface area contributed by atoms with Crippen molar-refractivity contribution in [2.45, 2.75) is 38.8 Å². The number of hydrogen-bond acceptors (Lipinski definition) is 7. The normalized spacial score (nSPS) is 18.9. The number of esters is 1. The van der Waals surface area contributed by atoms with Crippen molar-refractivity contribution in [2.24, 2.45) is 0 Å². The molecule has 0 saturated carbocycles. The van der Waals surface area contributed by atoms with Crippen molar-refractivity contribution in [3.05, 3.63) is 23.8 Å². The van der Waals surface area contributed by atoms with Crippen molar-refractivity contribution in [3.63, 3.8) is 0 Å². The van der Waals surface area contributed by atoms with Crippen molar-refractivity contribution in [1.29, 1.82) is 0 Å². The first kappa shape index (κ1) is 22.0. The molecular formula is C19H27NO7S. The van der Waals surface area contributed by atoms with Gasteiger partial charge >= 0.3 is 5.97 Å². The lowest BCUT2D eigenvalue weighted by Gasteiger charge is -2.33. The van der Waals surface area contributed by atoms with Crippen LogP contribution < -0.4 is 9.47 Å². The lowest BCUT2D eigenvalue weighted by atomic mass is 10.1. The summed E-state index contributed by atoms with van der Waals surface area (Å²) in [4.78, 5) is 26.8. The number of carbonyl (C=O) groups excluding carboxylic acids is 2. The zero-order valence-electron chi connectivity index (χ0n) is 16.6. The number of carbonyl (C=O) groups is 2. The Kier molecular flexibility index (Phi) is 7.29. The van der Waals surface area contributed by atoms with E-state index in [9.17, 15) is 18.0 Å². The Hall–Kier alpha value is -2.29. The molecule has 0 radical (unpaired) electrons. The standard InChI is InChI=1S/C19H27NO7S/c1-5-13(2)20(14-8-9-28(23,24)12-14)18(21)11-27-19(22)16-10-15(25-3)6-7-17(16)26-4/h6-7,10,13-14H,5,8-9,11-12H2,1-4H3/t13-,14+/m0/s1. The van der Waals surface area contributed by atoms with Crippen LogP contribution in [0, 0.1) is 0 Å². The maximum atomic E-state index is 12.8. The summed E-state index contributed by atoms with van der Waals surface area (Å²) in [7, 11) is -0.241. The molecule has 28 heavy (non-hydrogen) atoms. The third-order valence-corrected chi connectivity index (χ3v) is 6.66. The molecule has 1 aromatic carbocycles. The van der Waals surface area contributed by atoms with E-state index in [1.807, 2.05) is 13.8 Å². The molecule has 1 fully saturated rings. The topological polar surface area (TPSA) is 99.2 Å². The molecule has 1 heterocycles. The third kappa shape index (κ3) is 5.15. The number of methoxy groups -OCH3 is 2. The molecule has 0 N–H and O–H groups in total. The minimum absolute atomic E-state index is 0.0548. The van der Waals surface area contributed by atoms with E-state index in [0.29, 0.717) is 24.3 Å². The van der Waals surface area contributed by atoms with Gasteiger partial charge in [-0.05, 0) is 38.0 Å². The van der Waals surface area contributed by atoms with E-state index in [4.69, 9.17) is 14.2 Å². The molecular weight excluding hydrogens is 386 g/mol. The van der Waals surface area contributed by atoms with Gasteiger partial charge in [-0.1, -0.05) is 6.92 Å². The fourth-order valence-electron chi connectivity index (χ4n) is 3.25. The second kappa shape index (κ2) is 9.27. The molecule has 0 aromatic heterocycles. The predicted molar refractivity (Wildman–Crippen MR) is 103 cm³/mol. The molecule has 1 saturated heterocycles. The van der Waals surface area contributed by atoms with Crippen molar-refractivity contribution in [1.82, 2.24) is 4.90 Å². The number of rotatable bonds is 8. The minimum Gasteiger partial charge on any atom is -0.497 e. The maximum Gasteiger partial charge on any atom is 0.342 e. The predicted octanol–water partition coefficient (Wildman–Crippen LogP) is 1.67. The fraction of sp³-hybridized carbons (Fsp3) is 0.579. The zero-order chi connectivity index (χ0) is 20.9. The molecule has 1 aliphatic rings. The number of hydrogen-bond donors (Lipinski definition) is 0. The Morgan fingerprint density at radius 3 is 2.50 bits per heavy atom. The summed E-state index contributed by atoms with van der Waals surface area (Å²) in [6.07, 6.45) is 1.07. The van der Waals surface area contributed by atoms with Gasteiger partial charge in [0.1, 0.15) is 17.1 Å². The molecule has 0 aliphatic carbocycles. The van der Waals surface area contributed by atoms with Crippen LogP contribution in [0.3, 0.4) is 0 Å². The quantitative estimate of drug-likeness (QED) is 0.598. The highest BCUT2D eigenvalue weighted by molar-refractivity contribution is 7.91. The highest BCUT2D eigenvalue weighted by atomic mass is 32.2. The summed E-state index contributed by atoms with van der Waals surface area (Å²) in [6.45, 7) is 3.30. The molecule has 0 bridgehead atoms. The molecule has 2 atom stereocenters. The van der Waals surface area contributed by atoms with Gasteiger partial charge < -0.3 is 19.1 Å². The van der Waals surface area contributed by atoms with E-state index >= 15 is 0 Å². The third-order valence-electron chi connectivity index (χ3n) is 4.91. The Bertz CT molecular complexity index is 822. The van der Waals surface area contributed by atoms with Crippen LogP contribution >= 0.6 is 0 Å². The fourth-order valence-corrected chi connectivity index (χ4v) is 4.97. The lowest BCUT2D eigenvalue weighted by Crippen LogP contribution is -2.48. The van der Waals surface area contributed by atoms with Crippen molar-refractivity contribution >= 4 is 21.7 Å². The molecule has 0 unspecified atom stereocenters. The largest absolute Gasteiger partial charge is 0.497 e. The van der Waals surface area contributed by atoms with Crippen molar-refractivity contribution < 1.29 is 32.2 Å². The molecule has 1 amide bonds. The first-order valence-electron chi connectivity index (χ1n) is 9.13. The molecule has 0 spiro atoms. The maximum absolute atomic E-state index is 12.8. The first-order valence-corrected chi connectivity index (χ1v) is 10.9. The zero-order valence-corrected chi connectivity index (χ0v) is 17.5. The van der Waals surface area contributed by atoms with Gasteiger partial charge in [0, 0.05) is 12.1 Å². The van der Waals surface area contributed by atoms with Crippen LogP contribution in [-0.2, 0) is 19.4 Å². The average Bonchev–Trinajstić information content (AvgIpc) is 3.04. The van der Waals surface area contributed by atoms with E-state index in [-0.39, 0.29) is 23.1 Å². The van der Waals surface area contributed by atoms with Crippen LogP contribution in [0.2, 0.25) is 0 Å². The summed E-state index contributed by atoms with van der Waals surface area (Å²) in [6, 6.07) is 4.15. The van der Waals surface area contributed by atoms with E-state index < -0.39 is 34.4 Å². The molecule has 9 heteroatoms. The SMILES string of the molecule is CC[C@H](C)N(C(=O)COC(=O)c1cc(OC)ccc1OC)[C@@H]1CCS(=O)(=O)C1. The van der Waals surface area contributed by atoms with Gasteiger partial charge in [-0.2, -0.15) is 0 Å². The van der Waals surface area contributed by atoms with Gasteiger partial charge in [0.2, 0.25) is 0 Å². The number of amides is 1. The van der Waals surface area contributed by atoms with Gasteiger partial charge in [0.15, 0.2) is 16.4 Å². The van der Waals surface area contributed by atoms with Crippen LogP contribution in [0.1, 0.15) is 37.0 Å². The second-order valence-corrected chi connectivity index (χ2v) is 8.99. The van der Waals surface area contributed by atoms with Crippen molar-refractivity contribution in [3.8, 4) is 11.5 Å². The summed E-state index contributed by atoms with van der Waals surface area (Å²) < 4.78 is 39.1. The number of ether oxygens (including phenoxy) is 3. The van der Waals surface area contributed by atoms with Gasteiger partial charge in [0.25, 0.3) is 5.91 Å². The summed E-state index contributed by atoms with van der Waals surface area (Å²) in [5.41, 5.74) is 0.146. The van der Waals surface area contributed by atoms with Gasteiger partial charge in [-0.25, -0.2) is 13.2 Å². The van der Waals surface area contributed by atoms with Crippen LogP contribution in [0.15, 0.2) is 18.2 Å². The smallest absolute Gasteiger partial charge is 0.342 e. The number of sulfone groups is 1. The number of nitrogens with zero attached hydrogens (tertiary/aromatic N) is 1. The van der Waals surface area contributed by atoms with Crippen LogP contribution in [-0.4, -0.2) is 69.6 Å². The molecule has 8 nitrogen and oxygen atoms in total. The van der Waals surface area contributed by atoms with E-state index in [0.717, 1.165) is 0 Å². The van der Waals surface area contributed by atoms with Crippen LogP contribution in [0.5, 0.6) is 11.5 Å².